The quantitative estimate of drug-likeness (QED) is 0.765. The van der Waals surface area contributed by atoms with Gasteiger partial charge < -0.3 is 19.0 Å². The smallest absolute Gasteiger partial charge is 0.244 e. The zero-order valence-electron chi connectivity index (χ0n) is 16.4. The number of benzene rings is 2. The van der Waals surface area contributed by atoms with Gasteiger partial charge in [0.05, 0.1) is 31.8 Å². The van der Waals surface area contributed by atoms with Gasteiger partial charge in [-0.05, 0) is 29.8 Å². The van der Waals surface area contributed by atoms with E-state index < -0.39 is 6.29 Å². The molecule has 5 rings (SSSR count). The summed E-state index contributed by atoms with van der Waals surface area (Å²) in [4.78, 5) is 18.1. The first-order valence-corrected chi connectivity index (χ1v) is 9.78. The van der Waals surface area contributed by atoms with Gasteiger partial charge >= 0.3 is 0 Å². The van der Waals surface area contributed by atoms with Gasteiger partial charge in [-0.25, -0.2) is 5.43 Å². The van der Waals surface area contributed by atoms with E-state index in [4.69, 9.17) is 19.0 Å². The maximum atomic E-state index is 12.4. The average molecular weight is 407 g/mol. The highest BCUT2D eigenvalue weighted by Crippen LogP contribution is 2.38. The molecule has 4 atom stereocenters. The van der Waals surface area contributed by atoms with Crippen LogP contribution in [0.25, 0.3) is 0 Å². The minimum absolute atomic E-state index is 0.216. The number of oxime groups is 1. The lowest BCUT2D eigenvalue weighted by Crippen LogP contribution is -2.49. The topological polar surface area (TPSA) is 90.7 Å². The lowest BCUT2D eigenvalue weighted by molar-refractivity contribution is -0.120. The van der Waals surface area contributed by atoms with Crippen molar-refractivity contribution in [3.05, 3.63) is 65.7 Å². The first-order chi connectivity index (χ1) is 14.7. The number of carbonyl (C=O) groups excluding carboxylic acids is 1. The fourth-order valence-corrected chi connectivity index (χ4v) is 3.94. The van der Waals surface area contributed by atoms with Crippen molar-refractivity contribution in [2.45, 2.75) is 24.9 Å². The van der Waals surface area contributed by atoms with Crippen LogP contribution in [0.4, 0.5) is 0 Å². The van der Waals surface area contributed by atoms with Crippen LogP contribution in [0, 0.1) is 5.92 Å². The van der Waals surface area contributed by atoms with E-state index in [1.165, 1.54) is 0 Å². The van der Waals surface area contributed by atoms with Crippen LogP contribution >= 0.6 is 0 Å². The van der Waals surface area contributed by atoms with E-state index in [0.717, 1.165) is 22.6 Å². The molecule has 0 unspecified atom stereocenters. The van der Waals surface area contributed by atoms with Gasteiger partial charge in [0.2, 0.25) is 5.91 Å². The molecule has 1 amide bonds. The SMILES string of the molecule is COc1ccc(C2=NO[C@@H]3[C@@H]4CO[C@H](O4)/C(=N/NC(=O)Cc4ccccc4)[C@H]23)cc1. The fraction of sp³-hybridized carbons (Fsp3) is 0.318. The van der Waals surface area contributed by atoms with Crippen molar-refractivity contribution in [2.24, 2.45) is 16.2 Å². The van der Waals surface area contributed by atoms with Gasteiger partial charge in [-0.2, -0.15) is 5.10 Å². The van der Waals surface area contributed by atoms with Gasteiger partial charge in [0, 0.05) is 5.56 Å². The minimum atomic E-state index is -0.626. The van der Waals surface area contributed by atoms with Gasteiger partial charge in [-0.3, -0.25) is 4.79 Å². The van der Waals surface area contributed by atoms with Crippen molar-refractivity contribution in [1.82, 2.24) is 5.43 Å². The Labute approximate surface area is 173 Å². The molecular weight excluding hydrogens is 386 g/mol. The van der Waals surface area contributed by atoms with E-state index in [-0.39, 0.29) is 30.5 Å². The summed E-state index contributed by atoms with van der Waals surface area (Å²) in [5.74, 6) is 0.279. The first kappa shape index (κ1) is 18.8. The van der Waals surface area contributed by atoms with E-state index in [2.05, 4.69) is 15.7 Å². The van der Waals surface area contributed by atoms with E-state index >= 15 is 0 Å². The van der Waals surface area contributed by atoms with Crippen molar-refractivity contribution in [1.29, 1.82) is 0 Å². The fourth-order valence-electron chi connectivity index (χ4n) is 3.94. The Kier molecular flexibility index (Phi) is 4.94. The van der Waals surface area contributed by atoms with E-state index in [9.17, 15) is 4.79 Å². The number of fused-ring (bicyclic) bond motifs is 4. The van der Waals surface area contributed by atoms with Gasteiger partial charge in [-0.15, -0.1) is 0 Å². The molecule has 3 aliphatic heterocycles. The van der Waals surface area contributed by atoms with Crippen LogP contribution in [0.2, 0.25) is 0 Å². The second-order valence-electron chi connectivity index (χ2n) is 7.33. The maximum absolute atomic E-state index is 12.4. The molecule has 3 heterocycles. The van der Waals surface area contributed by atoms with E-state index in [1.54, 1.807) is 7.11 Å². The Balaban J connectivity index is 1.39. The van der Waals surface area contributed by atoms with E-state index in [0.29, 0.717) is 12.3 Å². The summed E-state index contributed by atoms with van der Waals surface area (Å²) in [7, 11) is 1.62. The molecule has 0 aromatic heterocycles. The van der Waals surface area contributed by atoms with Crippen LogP contribution in [0.1, 0.15) is 11.1 Å². The van der Waals surface area contributed by atoms with Crippen LogP contribution in [0.15, 0.2) is 64.9 Å². The number of hydrogen-bond donors (Lipinski definition) is 1. The molecule has 1 N–H and O–H groups in total. The molecule has 2 bridgehead atoms. The number of methoxy groups -OCH3 is 1. The Morgan fingerprint density at radius 2 is 2.00 bits per heavy atom. The summed E-state index contributed by atoms with van der Waals surface area (Å²) in [5.41, 5.74) is 5.75. The highest BCUT2D eigenvalue weighted by molar-refractivity contribution is 6.17. The summed E-state index contributed by atoms with van der Waals surface area (Å²) in [5, 5.41) is 8.71. The zero-order chi connectivity index (χ0) is 20.5. The molecular formula is C22H21N3O5. The van der Waals surface area contributed by atoms with Crippen molar-refractivity contribution in [2.75, 3.05) is 13.7 Å². The molecule has 0 spiro atoms. The Morgan fingerprint density at radius 1 is 1.20 bits per heavy atom. The van der Waals surface area contributed by atoms with Gasteiger partial charge in [0.15, 0.2) is 12.4 Å². The minimum Gasteiger partial charge on any atom is -0.497 e. The number of ether oxygens (including phenoxy) is 3. The molecule has 2 aromatic rings. The standard InChI is InChI=1S/C22H21N3O5/c1-27-15-9-7-14(8-10-15)19-18-20(22-28-12-16(29-22)21(18)30-25-19)24-23-17(26)11-13-5-3-2-4-6-13/h2-10,16,18,21-22H,11-12H2,1H3,(H,23,26)/b24-20+/t16-,18-,21+,22+/m0/s1. The number of hydrogen-bond acceptors (Lipinski definition) is 7. The summed E-state index contributed by atoms with van der Waals surface area (Å²) in [6.07, 6.45) is -0.959. The largest absolute Gasteiger partial charge is 0.497 e. The predicted octanol–water partition coefficient (Wildman–Crippen LogP) is 1.88. The van der Waals surface area contributed by atoms with Crippen LogP contribution in [-0.2, 0) is 25.5 Å². The van der Waals surface area contributed by atoms with Crippen molar-refractivity contribution >= 4 is 17.3 Å². The van der Waals surface area contributed by atoms with E-state index in [1.807, 2.05) is 54.6 Å². The lowest BCUT2D eigenvalue weighted by Gasteiger charge is -2.30. The molecule has 8 heteroatoms. The summed E-state index contributed by atoms with van der Waals surface area (Å²) >= 11 is 0. The molecule has 0 aliphatic carbocycles. The van der Waals surface area contributed by atoms with Crippen molar-refractivity contribution in [3.63, 3.8) is 0 Å². The summed E-state index contributed by atoms with van der Waals surface area (Å²) in [6, 6.07) is 17.1. The Hall–Kier alpha value is -3.23. The third-order valence-corrected chi connectivity index (χ3v) is 5.44. The Bertz CT molecular complexity index is 990. The molecule has 0 radical (unpaired) electrons. The normalized spacial score (nSPS) is 27.9. The lowest BCUT2D eigenvalue weighted by atomic mass is 9.84. The molecule has 3 aliphatic rings. The maximum Gasteiger partial charge on any atom is 0.244 e. The number of carbonyl (C=O) groups is 1. The number of hydrazone groups is 1. The summed E-state index contributed by atoms with van der Waals surface area (Å²) < 4.78 is 16.8. The predicted molar refractivity (Wildman–Crippen MR) is 108 cm³/mol. The van der Waals surface area contributed by atoms with Crippen LogP contribution in [0.3, 0.4) is 0 Å². The number of nitrogens with one attached hydrogen (secondary N) is 1. The molecule has 2 saturated heterocycles. The van der Waals surface area contributed by atoms with Gasteiger partial charge in [0.1, 0.15) is 17.6 Å². The molecule has 30 heavy (non-hydrogen) atoms. The van der Waals surface area contributed by atoms with Crippen molar-refractivity contribution in [3.8, 4) is 5.75 Å². The number of amides is 1. The van der Waals surface area contributed by atoms with Crippen LogP contribution < -0.4 is 10.2 Å². The van der Waals surface area contributed by atoms with Gasteiger partial charge in [0.25, 0.3) is 0 Å². The second-order valence-corrected chi connectivity index (χ2v) is 7.33. The zero-order valence-corrected chi connectivity index (χ0v) is 16.4. The molecule has 2 aromatic carbocycles. The first-order valence-electron chi connectivity index (χ1n) is 9.78. The van der Waals surface area contributed by atoms with Gasteiger partial charge in [-0.1, -0.05) is 35.5 Å². The third-order valence-electron chi connectivity index (χ3n) is 5.44. The monoisotopic (exact) mass is 407 g/mol. The van der Waals surface area contributed by atoms with Crippen molar-refractivity contribution < 1.29 is 23.8 Å². The average Bonchev–Trinajstić information content (AvgIpc) is 3.41. The third kappa shape index (κ3) is 3.44. The molecule has 8 nitrogen and oxygen atoms in total. The van der Waals surface area contributed by atoms with Crippen LogP contribution in [0.5, 0.6) is 5.75 Å². The number of rotatable bonds is 5. The highest BCUT2D eigenvalue weighted by Gasteiger charge is 2.55. The summed E-state index contributed by atoms with van der Waals surface area (Å²) in [6.45, 7) is 0.397. The molecule has 0 saturated carbocycles. The Morgan fingerprint density at radius 3 is 2.77 bits per heavy atom. The highest BCUT2D eigenvalue weighted by atomic mass is 16.7. The molecule has 2 fully saturated rings. The van der Waals surface area contributed by atoms with Crippen LogP contribution in [-0.4, -0.2) is 49.5 Å². The second kappa shape index (κ2) is 7.89. The number of nitrogens with zero attached hydrogens (tertiary/aromatic N) is 2. The molecule has 154 valence electrons.